The van der Waals surface area contributed by atoms with Crippen LogP contribution in [0.15, 0.2) is 48.5 Å². The lowest BCUT2D eigenvalue weighted by Crippen LogP contribution is -2.10. The summed E-state index contributed by atoms with van der Waals surface area (Å²) in [6, 6.07) is 15.2. The van der Waals surface area contributed by atoms with Crippen LogP contribution >= 0.6 is 0 Å². The second kappa shape index (κ2) is 4.88. The zero-order chi connectivity index (χ0) is 13.2. The van der Waals surface area contributed by atoms with Crippen LogP contribution in [-0.4, -0.2) is 5.78 Å². The van der Waals surface area contributed by atoms with Crippen LogP contribution in [0.4, 0.5) is 5.69 Å². The molecule has 1 aliphatic carbocycles. The largest absolute Gasteiger partial charge is 0.399 e. The molecule has 2 N–H and O–H groups in total. The Bertz CT molecular complexity index is 597. The third kappa shape index (κ3) is 2.39. The van der Waals surface area contributed by atoms with Gasteiger partial charge < -0.3 is 5.73 Å². The van der Waals surface area contributed by atoms with Gasteiger partial charge in [0.1, 0.15) is 0 Å². The Morgan fingerprint density at radius 3 is 2.37 bits per heavy atom. The maximum atomic E-state index is 12.4. The highest BCUT2D eigenvalue weighted by Gasteiger charge is 2.20. The van der Waals surface area contributed by atoms with E-state index in [0.29, 0.717) is 17.2 Å². The number of anilines is 1. The normalized spacial score (nSPS) is 14.9. The number of ketones is 1. The molecule has 1 fully saturated rings. The summed E-state index contributed by atoms with van der Waals surface area (Å²) in [5.74, 6) is 0.723. The van der Waals surface area contributed by atoms with Crippen LogP contribution in [0.25, 0.3) is 0 Å². The quantitative estimate of drug-likeness (QED) is 0.666. The Morgan fingerprint density at radius 1 is 1.00 bits per heavy atom. The predicted octanol–water partition coefficient (Wildman–Crippen LogP) is 3.77. The molecular weight excluding hydrogens is 234 g/mol. The molecule has 0 aliphatic heterocycles. The molecule has 2 aromatic rings. The first-order valence-electron chi connectivity index (χ1n) is 6.74. The van der Waals surface area contributed by atoms with E-state index in [4.69, 9.17) is 5.73 Å². The number of rotatable bonds is 3. The number of hydrogen-bond acceptors (Lipinski definition) is 2. The first-order valence-corrected chi connectivity index (χ1v) is 6.74. The molecule has 0 atom stereocenters. The third-order valence-corrected chi connectivity index (χ3v) is 3.90. The summed E-state index contributed by atoms with van der Waals surface area (Å²) >= 11 is 0. The monoisotopic (exact) mass is 251 g/mol. The van der Waals surface area contributed by atoms with Gasteiger partial charge in [-0.15, -0.1) is 0 Å². The first kappa shape index (κ1) is 12.0. The third-order valence-electron chi connectivity index (χ3n) is 3.90. The molecule has 1 saturated carbocycles. The second-order valence-electron chi connectivity index (χ2n) is 5.20. The van der Waals surface area contributed by atoms with E-state index < -0.39 is 0 Å². The van der Waals surface area contributed by atoms with Crippen molar-refractivity contribution in [3.05, 3.63) is 65.2 Å². The molecule has 19 heavy (non-hydrogen) atoms. The van der Waals surface area contributed by atoms with Gasteiger partial charge in [-0.1, -0.05) is 24.6 Å². The fourth-order valence-corrected chi connectivity index (χ4v) is 2.48. The number of carbonyl (C=O) groups excluding carboxylic acids is 1. The van der Waals surface area contributed by atoms with Gasteiger partial charge in [-0.25, -0.2) is 0 Å². The maximum Gasteiger partial charge on any atom is 0.193 e. The smallest absolute Gasteiger partial charge is 0.193 e. The molecule has 0 saturated heterocycles. The van der Waals surface area contributed by atoms with Crippen molar-refractivity contribution in [2.24, 2.45) is 0 Å². The Morgan fingerprint density at radius 2 is 1.74 bits per heavy atom. The molecule has 0 spiro atoms. The van der Waals surface area contributed by atoms with E-state index in [1.54, 1.807) is 24.3 Å². The summed E-state index contributed by atoms with van der Waals surface area (Å²) in [7, 11) is 0. The SMILES string of the molecule is Nc1ccc(C(=O)c2cccc(C3CCC3)c2)cc1. The van der Waals surface area contributed by atoms with E-state index >= 15 is 0 Å². The van der Waals surface area contributed by atoms with Crippen LogP contribution in [-0.2, 0) is 0 Å². The van der Waals surface area contributed by atoms with Crippen molar-refractivity contribution in [2.45, 2.75) is 25.2 Å². The number of benzene rings is 2. The molecule has 0 heterocycles. The molecule has 3 rings (SSSR count). The lowest BCUT2D eigenvalue weighted by Gasteiger charge is -2.26. The number of nitrogen functional groups attached to an aromatic ring is 1. The van der Waals surface area contributed by atoms with Crippen molar-refractivity contribution in [1.29, 1.82) is 0 Å². The zero-order valence-electron chi connectivity index (χ0n) is 10.8. The summed E-state index contributed by atoms with van der Waals surface area (Å²) in [6.07, 6.45) is 3.81. The zero-order valence-corrected chi connectivity index (χ0v) is 10.8. The molecule has 96 valence electrons. The lowest BCUT2D eigenvalue weighted by molar-refractivity contribution is 0.103. The van der Waals surface area contributed by atoms with Gasteiger partial charge in [0.2, 0.25) is 0 Å². The van der Waals surface area contributed by atoms with Crippen molar-refractivity contribution in [3.63, 3.8) is 0 Å². The predicted molar refractivity (Wildman–Crippen MR) is 77.3 cm³/mol. The average molecular weight is 251 g/mol. The Balaban J connectivity index is 1.88. The van der Waals surface area contributed by atoms with E-state index in [9.17, 15) is 4.79 Å². The van der Waals surface area contributed by atoms with Crippen LogP contribution in [0.5, 0.6) is 0 Å². The Kier molecular flexibility index (Phi) is 3.08. The summed E-state index contributed by atoms with van der Waals surface area (Å²) in [6.45, 7) is 0. The Hall–Kier alpha value is -2.09. The summed E-state index contributed by atoms with van der Waals surface area (Å²) in [5, 5.41) is 0. The van der Waals surface area contributed by atoms with Gasteiger partial charge in [0.25, 0.3) is 0 Å². The molecule has 2 aromatic carbocycles. The topological polar surface area (TPSA) is 43.1 Å². The molecule has 0 aromatic heterocycles. The van der Waals surface area contributed by atoms with E-state index in [0.717, 1.165) is 5.56 Å². The minimum atomic E-state index is 0.0705. The maximum absolute atomic E-state index is 12.4. The Labute approximate surface area is 113 Å². The van der Waals surface area contributed by atoms with Crippen molar-refractivity contribution >= 4 is 11.5 Å². The van der Waals surface area contributed by atoms with Gasteiger partial charge in [0.15, 0.2) is 5.78 Å². The summed E-state index contributed by atoms with van der Waals surface area (Å²) in [5.41, 5.74) is 9.09. The number of carbonyl (C=O) groups is 1. The highest BCUT2D eigenvalue weighted by Crippen LogP contribution is 2.36. The number of nitrogens with two attached hydrogens (primary N) is 1. The van der Waals surface area contributed by atoms with E-state index in [1.807, 2.05) is 18.2 Å². The molecule has 0 bridgehead atoms. The van der Waals surface area contributed by atoms with Gasteiger partial charge in [0.05, 0.1) is 0 Å². The van der Waals surface area contributed by atoms with Gasteiger partial charge in [0, 0.05) is 16.8 Å². The van der Waals surface area contributed by atoms with Crippen LogP contribution in [0.1, 0.15) is 46.7 Å². The highest BCUT2D eigenvalue weighted by atomic mass is 16.1. The summed E-state index contributed by atoms with van der Waals surface area (Å²) < 4.78 is 0. The van der Waals surface area contributed by atoms with Crippen molar-refractivity contribution in [2.75, 3.05) is 5.73 Å². The second-order valence-corrected chi connectivity index (χ2v) is 5.20. The van der Waals surface area contributed by atoms with Gasteiger partial charge in [-0.2, -0.15) is 0 Å². The number of hydrogen-bond donors (Lipinski definition) is 1. The van der Waals surface area contributed by atoms with Gasteiger partial charge in [-0.3, -0.25) is 4.79 Å². The molecule has 1 aliphatic rings. The van der Waals surface area contributed by atoms with Gasteiger partial charge >= 0.3 is 0 Å². The van der Waals surface area contributed by atoms with Crippen molar-refractivity contribution in [1.82, 2.24) is 0 Å². The first-order chi connectivity index (χ1) is 9.24. The molecule has 0 unspecified atom stereocenters. The average Bonchev–Trinajstić information content (AvgIpc) is 2.37. The van der Waals surface area contributed by atoms with Gasteiger partial charge in [-0.05, 0) is 54.7 Å². The molecule has 0 amide bonds. The molecule has 0 radical (unpaired) electrons. The van der Waals surface area contributed by atoms with Crippen LogP contribution in [0, 0.1) is 0 Å². The molecule has 2 heteroatoms. The standard InChI is InChI=1S/C17H17NO/c18-16-9-7-13(8-10-16)17(19)15-6-2-5-14(11-15)12-3-1-4-12/h2,5-12H,1,3-4,18H2. The van der Waals surface area contributed by atoms with Crippen molar-refractivity contribution < 1.29 is 4.79 Å². The van der Waals surface area contributed by atoms with Crippen molar-refractivity contribution in [3.8, 4) is 0 Å². The van der Waals surface area contributed by atoms with E-state index in [2.05, 4.69) is 6.07 Å². The lowest BCUT2D eigenvalue weighted by atomic mass is 9.79. The van der Waals surface area contributed by atoms with Crippen LogP contribution < -0.4 is 5.73 Å². The molecule has 2 nitrogen and oxygen atoms in total. The minimum Gasteiger partial charge on any atom is -0.399 e. The van der Waals surface area contributed by atoms with E-state index in [-0.39, 0.29) is 5.78 Å². The minimum absolute atomic E-state index is 0.0705. The summed E-state index contributed by atoms with van der Waals surface area (Å²) in [4.78, 5) is 12.4. The van der Waals surface area contributed by atoms with Crippen LogP contribution in [0.2, 0.25) is 0 Å². The fraction of sp³-hybridized carbons (Fsp3) is 0.235. The highest BCUT2D eigenvalue weighted by molar-refractivity contribution is 6.09. The molecular formula is C17H17NO. The van der Waals surface area contributed by atoms with E-state index in [1.165, 1.54) is 24.8 Å². The fourth-order valence-electron chi connectivity index (χ4n) is 2.48. The van der Waals surface area contributed by atoms with Crippen LogP contribution in [0.3, 0.4) is 0 Å².